The highest BCUT2D eigenvalue weighted by atomic mass is 35.5. The molecule has 1 atom stereocenters. The van der Waals surface area contributed by atoms with Crippen molar-refractivity contribution in [1.82, 2.24) is 15.5 Å². The number of nitrogens with one attached hydrogen (secondary N) is 2. The first-order chi connectivity index (χ1) is 20.2. The van der Waals surface area contributed by atoms with E-state index in [0.29, 0.717) is 55.8 Å². The number of piperidine rings is 1. The minimum atomic E-state index is -3.45. The van der Waals surface area contributed by atoms with Gasteiger partial charge in [0.25, 0.3) is 0 Å². The van der Waals surface area contributed by atoms with Gasteiger partial charge in [0.15, 0.2) is 0 Å². The summed E-state index contributed by atoms with van der Waals surface area (Å²) >= 11 is 6.06. The number of carbonyl (C=O) groups is 2. The fourth-order valence-electron chi connectivity index (χ4n) is 5.58. The minimum Gasteiger partial charge on any atom is -0.446 e. The summed E-state index contributed by atoms with van der Waals surface area (Å²) in [5.74, 6) is 0.223. The molecule has 1 saturated carbocycles. The van der Waals surface area contributed by atoms with Crippen molar-refractivity contribution < 1.29 is 22.7 Å². The van der Waals surface area contributed by atoms with Gasteiger partial charge in [-0.05, 0) is 74.5 Å². The van der Waals surface area contributed by atoms with E-state index in [1.807, 2.05) is 36.4 Å². The predicted octanol–water partition coefficient (Wildman–Crippen LogP) is 3.25. The average Bonchev–Trinajstić information content (AvgIpc) is 3.81. The van der Waals surface area contributed by atoms with E-state index in [1.54, 1.807) is 17.0 Å². The molecular weight excluding hydrogens is 578 g/mol. The van der Waals surface area contributed by atoms with E-state index in [-0.39, 0.29) is 12.0 Å². The highest BCUT2D eigenvalue weighted by molar-refractivity contribution is 7.92. The van der Waals surface area contributed by atoms with Crippen molar-refractivity contribution in [2.24, 2.45) is 5.92 Å². The number of rotatable bonds is 10. The number of nitrogens with zero attached hydrogens (tertiary/aromatic N) is 3. The second-order valence-corrected chi connectivity index (χ2v) is 13.8. The Balaban J connectivity index is 1.27. The van der Waals surface area contributed by atoms with Crippen molar-refractivity contribution in [3.05, 3.63) is 59.1 Å². The summed E-state index contributed by atoms with van der Waals surface area (Å²) in [4.78, 5) is 30.5. The molecule has 0 aromatic heterocycles. The van der Waals surface area contributed by atoms with E-state index in [2.05, 4.69) is 15.5 Å². The molecule has 2 aliphatic heterocycles. The van der Waals surface area contributed by atoms with Gasteiger partial charge in [0, 0.05) is 44.2 Å². The van der Waals surface area contributed by atoms with Crippen LogP contribution in [0.3, 0.4) is 0 Å². The van der Waals surface area contributed by atoms with E-state index in [4.69, 9.17) is 16.3 Å². The second kappa shape index (κ2) is 13.5. The number of amides is 2. The van der Waals surface area contributed by atoms with Gasteiger partial charge < -0.3 is 25.2 Å². The zero-order valence-corrected chi connectivity index (χ0v) is 25.6. The molecule has 5 rings (SSSR count). The number of ether oxygens (including phenoxy) is 1. The highest BCUT2D eigenvalue weighted by Gasteiger charge is 2.33. The maximum Gasteiger partial charge on any atom is 0.408 e. The van der Waals surface area contributed by atoms with Crippen LogP contribution in [0, 0.1) is 5.92 Å². The largest absolute Gasteiger partial charge is 0.446 e. The summed E-state index contributed by atoms with van der Waals surface area (Å²) in [6.45, 7) is 4.03. The van der Waals surface area contributed by atoms with Crippen LogP contribution in [0.1, 0.15) is 31.2 Å². The zero-order valence-electron chi connectivity index (χ0n) is 24.0. The highest BCUT2D eigenvalue weighted by Crippen LogP contribution is 2.37. The number of hydrogen-bond donors (Lipinski definition) is 2. The fourth-order valence-corrected chi connectivity index (χ4v) is 6.69. The third-order valence-corrected chi connectivity index (χ3v) is 9.51. The van der Waals surface area contributed by atoms with Gasteiger partial charge in [0.1, 0.15) is 12.1 Å². The summed E-state index contributed by atoms with van der Waals surface area (Å²) < 4.78 is 32.6. The third-order valence-electron chi connectivity index (χ3n) is 8.11. The number of sulfonamides is 1. The van der Waals surface area contributed by atoms with Crippen LogP contribution in [0.15, 0.2) is 48.5 Å². The maximum absolute atomic E-state index is 13.8. The van der Waals surface area contributed by atoms with Crippen LogP contribution >= 0.6 is 11.6 Å². The molecule has 1 unspecified atom stereocenters. The standard InChI is InChI=1S/C30H40ClN5O5S/c1-42(39,40)36(21-23-6-7-23)28-5-3-2-4-27(28)34-16-18-35(19-17-34)29(37)26(20-22-8-10-24(31)11-9-22)33-30(38)41-25-12-14-32-15-13-25/h2-5,8-11,23,25-26,32H,6-7,12-21H2,1H3,(H,33,38). The first-order valence-corrected chi connectivity index (χ1v) is 16.9. The summed E-state index contributed by atoms with van der Waals surface area (Å²) in [7, 11) is -3.45. The molecule has 42 heavy (non-hydrogen) atoms. The summed E-state index contributed by atoms with van der Waals surface area (Å²) in [5, 5.41) is 6.69. The second-order valence-electron chi connectivity index (χ2n) is 11.4. The number of para-hydroxylation sites is 2. The molecule has 1 aliphatic carbocycles. The van der Waals surface area contributed by atoms with Crippen molar-refractivity contribution in [1.29, 1.82) is 0 Å². The first-order valence-electron chi connectivity index (χ1n) is 14.7. The van der Waals surface area contributed by atoms with E-state index >= 15 is 0 Å². The molecule has 2 aromatic carbocycles. The molecule has 0 bridgehead atoms. The van der Waals surface area contributed by atoms with Gasteiger partial charge in [-0.2, -0.15) is 0 Å². The van der Waals surface area contributed by atoms with Crippen LogP contribution in [0.2, 0.25) is 5.02 Å². The number of carbonyl (C=O) groups excluding carboxylic acids is 2. The lowest BCUT2D eigenvalue weighted by Crippen LogP contribution is -2.56. The van der Waals surface area contributed by atoms with Gasteiger partial charge in [-0.15, -0.1) is 0 Å². The van der Waals surface area contributed by atoms with Gasteiger partial charge >= 0.3 is 6.09 Å². The molecule has 2 heterocycles. The van der Waals surface area contributed by atoms with Crippen molar-refractivity contribution in [3.8, 4) is 0 Å². The number of hydrogen-bond acceptors (Lipinski definition) is 7. The quantitative estimate of drug-likeness (QED) is 0.421. The Morgan fingerprint density at radius 2 is 1.69 bits per heavy atom. The lowest BCUT2D eigenvalue weighted by atomic mass is 10.0. The van der Waals surface area contributed by atoms with Gasteiger partial charge in [-0.3, -0.25) is 9.10 Å². The molecule has 10 nitrogen and oxygen atoms in total. The summed E-state index contributed by atoms with van der Waals surface area (Å²) in [6, 6.07) is 14.0. The van der Waals surface area contributed by atoms with Crippen LogP contribution in [-0.4, -0.2) is 89.5 Å². The Morgan fingerprint density at radius 3 is 2.33 bits per heavy atom. The number of piperazine rings is 1. The molecule has 3 fully saturated rings. The van der Waals surface area contributed by atoms with Crippen LogP contribution in [-0.2, 0) is 26.0 Å². The minimum absolute atomic E-state index is 0.174. The van der Waals surface area contributed by atoms with E-state index in [1.165, 1.54) is 10.6 Å². The van der Waals surface area contributed by atoms with Crippen LogP contribution in [0.4, 0.5) is 16.2 Å². The lowest BCUT2D eigenvalue weighted by Gasteiger charge is -2.39. The number of anilines is 2. The first kappa shape index (κ1) is 30.4. The normalized spacial score (nSPS) is 18.8. The van der Waals surface area contributed by atoms with Gasteiger partial charge in [0.2, 0.25) is 15.9 Å². The van der Waals surface area contributed by atoms with E-state index in [9.17, 15) is 18.0 Å². The Hall–Kier alpha value is -3.02. The zero-order chi connectivity index (χ0) is 29.7. The summed E-state index contributed by atoms with van der Waals surface area (Å²) in [5.41, 5.74) is 2.40. The van der Waals surface area contributed by atoms with Crippen LogP contribution < -0.4 is 19.8 Å². The summed E-state index contributed by atoms with van der Waals surface area (Å²) in [6.07, 6.45) is 4.38. The fraction of sp³-hybridized carbons (Fsp3) is 0.533. The Labute approximate surface area is 253 Å². The molecular formula is C30H40ClN5O5S. The number of halogens is 1. The van der Waals surface area contributed by atoms with E-state index in [0.717, 1.165) is 50.0 Å². The van der Waals surface area contributed by atoms with Crippen molar-refractivity contribution in [2.45, 2.75) is 44.2 Å². The molecule has 0 radical (unpaired) electrons. The molecule has 2 saturated heterocycles. The smallest absolute Gasteiger partial charge is 0.408 e. The van der Waals surface area contributed by atoms with Crippen molar-refractivity contribution in [3.63, 3.8) is 0 Å². The molecule has 3 aliphatic rings. The molecule has 2 aromatic rings. The Kier molecular flexibility index (Phi) is 9.80. The van der Waals surface area contributed by atoms with Gasteiger partial charge in [0.05, 0.1) is 17.6 Å². The number of benzene rings is 2. The molecule has 12 heteroatoms. The lowest BCUT2D eigenvalue weighted by molar-refractivity contribution is -0.133. The SMILES string of the molecule is CS(=O)(=O)N(CC1CC1)c1ccccc1N1CCN(C(=O)C(Cc2ccc(Cl)cc2)NC(=O)OC2CCNCC2)CC1. The topological polar surface area (TPSA) is 111 Å². The Morgan fingerprint density at radius 1 is 1.02 bits per heavy atom. The monoisotopic (exact) mass is 617 g/mol. The van der Waals surface area contributed by atoms with Crippen molar-refractivity contribution >= 4 is 45.0 Å². The van der Waals surface area contributed by atoms with Crippen LogP contribution in [0.25, 0.3) is 0 Å². The predicted molar refractivity (Wildman–Crippen MR) is 165 cm³/mol. The van der Waals surface area contributed by atoms with Gasteiger partial charge in [-0.25, -0.2) is 13.2 Å². The van der Waals surface area contributed by atoms with Gasteiger partial charge in [-0.1, -0.05) is 35.9 Å². The maximum atomic E-state index is 13.8. The third kappa shape index (κ3) is 8.08. The average molecular weight is 618 g/mol. The van der Waals surface area contributed by atoms with Crippen molar-refractivity contribution in [2.75, 3.05) is 61.3 Å². The molecule has 0 spiro atoms. The molecule has 2 amide bonds. The molecule has 2 N–H and O–H groups in total. The van der Waals surface area contributed by atoms with Crippen LogP contribution in [0.5, 0.6) is 0 Å². The number of alkyl carbamates (subject to hydrolysis) is 1. The molecule has 228 valence electrons. The van der Waals surface area contributed by atoms with E-state index < -0.39 is 22.2 Å². The Bertz CT molecular complexity index is 1340.